The van der Waals surface area contributed by atoms with Crippen molar-refractivity contribution in [3.8, 4) is 0 Å². The van der Waals surface area contributed by atoms with Crippen LogP contribution in [-0.2, 0) is 6.54 Å². The monoisotopic (exact) mass is 277 g/mol. The molecular formula is C16H17F2NO. The van der Waals surface area contributed by atoms with Crippen molar-refractivity contribution in [2.75, 3.05) is 13.6 Å². The maximum absolute atomic E-state index is 13.5. The van der Waals surface area contributed by atoms with Crippen LogP contribution >= 0.6 is 0 Å². The van der Waals surface area contributed by atoms with E-state index in [0.717, 1.165) is 0 Å². The molecule has 0 fully saturated rings. The van der Waals surface area contributed by atoms with Crippen LogP contribution in [0.2, 0.25) is 0 Å². The van der Waals surface area contributed by atoms with Crippen LogP contribution in [0.15, 0.2) is 48.5 Å². The summed E-state index contributed by atoms with van der Waals surface area (Å²) < 4.78 is 26.3. The van der Waals surface area contributed by atoms with E-state index in [1.807, 2.05) is 4.90 Å². The van der Waals surface area contributed by atoms with E-state index in [1.54, 1.807) is 37.4 Å². The van der Waals surface area contributed by atoms with Gasteiger partial charge in [-0.05, 0) is 30.8 Å². The molecule has 0 saturated heterocycles. The van der Waals surface area contributed by atoms with Crippen molar-refractivity contribution in [1.29, 1.82) is 0 Å². The van der Waals surface area contributed by atoms with Gasteiger partial charge >= 0.3 is 0 Å². The second-order valence-corrected chi connectivity index (χ2v) is 4.86. The Hall–Kier alpha value is -1.78. The topological polar surface area (TPSA) is 23.5 Å². The molecule has 0 aliphatic heterocycles. The van der Waals surface area contributed by atoms with Crippen LogP contribution in [0.3, 0.4) is 0 Å². The maximum atomic E-state index is 13.5. The molecular weight excluding hydrogens is 260 g/mol. The summed E-state index contributed by atoms with van der Waals surface area (Å²) in [6, 6.07) is 12.3. The predicted octanol–water partition coefficient (Wildman–Crippen LogP) is 3.13. The van der Waals surface area contributed by atoms with E-state index in [0.29, 0.717) is 24.2 Å². The first-order valence-corrected chi connectivity index (χ1v) is 6.42. The van der Waals surface area contributed by atoms with Crippen molar-refractivity contribution in [3.05, 3.63) is 71.3 Å². The van der Waals surface area contributed by atoms with E-state index in [-0.39, 0.29) is 11.6 Å². The van der Waals surface area contributed by atoms with Crippen LogP contribution in [-0.4, -0.2) is 23.6 Å². The van der Waals surface area contributed by atoms with Crippen LogP contribution in [0.4, 0.5) is 8.78 Å². The molecule has 0 bridgehead atoms. The summed E-state index contributed by atoms with van der Waals surface area (Å²) in [6.45, 7) is 0.755. The third-order valence-corrected chi connectivity index (χ3v) is 3.14. The van der Waals surface area contributed by atoms with Crippen molar-refractivity contribution in [2.24, 2.45) is 0 Å². The van der Waals surface area contributed by atoms with E-state index in [1.165, 1.54) is 18.2 Å². The van der Waals surface area contributed by atoms with Gasteiger partial charge in [0.15, 0.2) is 0 Å². The van der Waals surface area contributed by atoms with Crippen LogP contribution < -0.4 is 0 Å². The Bertz CT molecular complexity index is 557. The molecule has 1 atom stereocenters. The number of rotatable bonds is 5. The lowest BCUT2D eigenvalue weighted by Gasteiger charge is -2.21. The largest absolute Gasteiger partial charge is 0.387 e. The van der Waals surface area contributed by atoms with Gasteiger partial charge in [-0.15, -0.1) is 0 Å². The summed E-state index contributed by atoms with van der Waals surface area (Å²) in [7, 11) is 1.80. The SMILES string of the molecule is CN(Cc1ccccc1F)CC(O)c1ccc(F)cc1. The zero-order valence-corrected chi connectivity index (χ0v) is 11.3. The standard InChI is InChI=1S/C16H17F2NO/c1-19(10-13-4-2-3-5-15(13)18)11-16(20)12-6-8-14(17)9-7-12/h2-9,16,20H,10-11H2,1H3. The smallest absolute Gasteiger partial charge is 0.127 e. The summed E-state index contributed by atoms with van der Waals surface area (Å²) in [5.74, 6) is -0.587. The minimum atomic E-state index is -0.729. The molecule has 0 aromatic heterocycles. The van der Waals surface area contributed by atoms with E-state index in [4.69, 9.17) is 0 Å². The summed E-state index contributed by atoms with van der Waals surface area (Å²) in [5.41, 5.74) is 1.23. The van der Waals surface area contributed by atoms with Gasteiger partial charge in [0, 0.05) is 18.7 Å². The predicted molar refractivity (Wildman–Crippen MR) is 74.1 cm³/mol. The van der Waals surface area contributed by atoms with Gasteiger partial charge in [0.1, 0.15) is 11.6 Å². The molecule has 2 aromatic carbocycles. The quantitative estimate of drug-likeness (QED) is 0.907. The van der Waals surface area contributed by atoms with Crippen molar-refractivity contribution in [1.82, 2.24) is 4.90 Å². The third kappa shape index (κ3) is 3.85. The molecule has 1 unspecified atom stereocenters. The number of likely N-dealkylation sites (N-methyl/N-ethyl adjacent to an activating group) is 1. The zero-order valence-electron chi connectivity index (χ0n) is 11.3. The Kier molecular flexibility index (Phi) is 4.82. The molecule has 0 saturated carbocycles. The minimum absolute atomic E-state index is 0.254. The molecule has 0 amide bonds. The first-order chi connectivity index (χ1) is 9.56. The second kappa shape index (κ2) is 6.59. The van der Waals surface area contributed by atoms with E-state index in [9.17, 15) is 13.9 Å². The highest BCUT2D eigenvalue weighted by atomic mass is 19.1. The van der Waals surface area contributed by atoms with Crippen LogP contribution in [0.25, 0.3) is 0 Å². The average molecular weight is 277 g/mol. The van der Waals surface area contributed by atoms with Gasteiger partial charge in [-0.1, -0.05) is 30.3 Å². The highest BCUT2D eigenvalue weighted by Crippen LogP contribution is 2.16. The lowest BCUT2D eigenvalue weighted by Crippen LogP contribution is -2.24. The van der Waals surface area contributed by atoms with Crippen LogP contribution in [0, 0.1) is 11.6 Å². The molecule has 20 heavy (non-hydrogen) atoms. The Balaban J connectivity index is 1.96. The fourth-order valence-electron chi connectivity index (χ4n) is 2.07. The van der Waals surface area contributed by atoms with Crippen LogP contribution in [0.1, 0.15) is 17.2 Å². The minimum Gasteiger partial charge on any atom is -0.387 e. The van der Waals surface area contributed by atoms with Crippen molar-refractivity contribution in [3.63, 3.8) is 0 Å². The Labute approximate surface area is 117 Å². The number of nitrogens with zero attached hydrogens (tertiary/aromatic N) is 1. The fourth-order valence-corrected chi connectivity index (χ4v) is 2.07. The Morgan fingerprint density at radius 3 is 2.35 bits per heavy atom. The number of aliphatic hydroxyl groups excluding tert-OH is 1. The second-order valence-electron chi connectivity index (χ2n) is 4.86. The lowest BCUT2D eigenvalue weighted by molar-refractivity contribution is 0.123. The summed E-state index contributed by atoms with van der Waals surface area (Å²) in [5, 5.41) is 10.1. The third-order valence-electron chi connectivity index (χ3n) is 3.14. The average Bonchev–Trinajstić information content (AvgIpc) is 2.42. The summed E-state index contributed by atoms with van der Waals surface area (Å²) in [6.07, 6.45) is -0.729. The molecule has 0 spiro atoms. The van der Waals surface area contributed by atoms with E-state index in [2.05, 4.69) is 0 Å². The first-order valence-electron chi connectivity index (χ1n) is 6.42. The number of benzene rings is 2. The Morgan fingerprint density at radius 2 is 1.70 bits per heavy atom. The normalized spacial score (nSPS) is 12.7. The van der Waals surface area contributed by atoms with Crippen molar-refractivity contribution < 1.29 is 13.9 Å². The van der Waals surface area contributed by atoms with Gasteiger partial charge in [0.05, 0.1) is 6.10 Å². The molecule has 0 aliphatic carbocycles. The number of hydrogen-bond donors (Lipinski definition) is 1. The Morgan fingerprint density at radius 1 is 1.05 bits per heavy atom. The fraction of sp³-hybridized carbons (Fsp3) is 0.250. The molecule has 2 nitrogen and oxygen atoms in total. The number of aliphatic hydroxyl groups is 1. The molecule has 106 valence electrons. The van der Waals surface area contributed by atoms with Crippen molar-refractivity contribution >= 4 is 0 Å². The van der Waals surface area contributed by atoms with Crippen LogP contribution in [0.5, 0.6) is 0 Å². The first kappa shape index (κ1) is 14.6. The molecule has 2 rings (SSSR count). The lowest BCUT2D eigenvalue weighted by atomic mass is 10.1. The van der Waals surface area contributed by atoms with Gasteiger partial charge < -0.3 is 5.11 Å². The van der Waals surface area contributed by atoms with Gasteiger partial charge in [0.2, 0.25) is 0 Å². The summed E-state index contributed by atoms with van der Waals surface area (Å²) in [4.78, 5) is 1.83. The van der Waals surface area contributed by atoms with Crippen molar-refractivity contribution in [2.45, 2.75) is 12.6 Å². The maximum Gasteiger partial charge on any atom is 0.127 e. The van der Waals surface area contributed by atoms with Gasteiger partial charge in [0.25, 0.3) is 0 Å². The molecule has 0 radical (unpaired) electrons. The van der Waals surface area contributed by atoms with E-state index >= 15 is 0 Å². The zero-order chi connectivity index (χ0) is 14.5. The van der Waals surface area contributed by atoms with Gasteiger partial charge in [-0.3, -0.25) is 4.90 Å². The highest BCUT2D eigenvalue weighted by Gasteiger charge is 2.12. The molecule has 1 N–H and O–H groups in total. The highest BCUT2D eigenvalue weighted by molar-refractivity contribution is 5.19. The van der Waals surface area contributed by atoms with Gasteiger partial charge in [-0.2, -0.15) is 0 Å². The van der Waals surface area contributed by atoms with E-state index < -0.39 is 6.10 Å². The number of hydrogen-bond acceptors (Lipinski definition) is 2. The molecule has 0 aliphatic rings. The number of halogens is 2. The summed E-state index contributed by atoms with van der Waals surface area (Å²) >= 11 is 0. The molecule has 4 heteroatoms. The molecule has 0 heterocycles. The molecule has 2 aromatic rings. The van der Waals surface area contributed by atoms with Gasteiger partial charge in [-0.25, -0.2) is 8.78 Å².